The molecule has 0 nitrogen and oxygen atoms in total. The van der Waals surface area contributed by atoms with Crippen molar-refractivity contribution in [3.63, 3.8) is 0 Å². The molecular formula is C4H8Cl2S. The zero-order chi connectivity index (χ0) is 5.54. The van der Waals surface area contributed by atoms with Gasteiger partial charge in [-0.25, -0.2) is 0 Å². The third-order valence-electron chi connectivity index (χ3n) is 0.443. The Balaban J connectivity index is 2.45. The first-order valence-corrected chi connectivity index (χ1v) is 4.34. The second kappa shape index (κ2) is 6.93. The van der Waals surface area contributed by atoms with Crippen LogP contribution in [0.5, 0.6) is 0 Å². The minimum Gasteiger partial charge on any atom is -0.160 e. The molecule has 0 heterocycles. The van der Waals surface area contributed by atoms with Gasteiger partial charge >= 0.3 is 0 Å². The summed E-state index contributed by atoms with van der Waals surface area (Å²) in [4.78, 5) is 0. The predicted octanol–water partition coefficient (Wildman–Crippen LogP) is 2.20. The summed E-state index contributed by atoms with van der Waals surface area (Å²) in [5, 5.41) is 0. The highest BCUT2D eigenvalue weighted by molar-refractivity contribution is 7.99. The summed E-state index contributed by atoms with van der Waals surface area (Å²) in [6.45, 7) is 0. The Morgan fingerprint density at radius 2 is 1.43 bits per heavy atom. The van der Waals surface area contributed by atoms with Crippen molar-refractivity contribution in [3.8, 4) is 0 Å². The van der Waals surface area contributed by atoms with Crippen LogP contribution in [0, 0.1) is 0 Å². The van der Waals surface area contributed by atoms with Crippen LogP contribution in [0.3, 0.4) is 0 Å². The molecule has 0 spiro atoms. The molecule has 0 unspecified atom stereocenters. The van der Waals surface area contributed by atoms with Gasteiger partial charge in [-0.05, 0) is 0 Å². The first-order valence-electron chi connectivity index (χ1n) is 2.11. The molecule has 44 valence electrons. The van der Waals surface area contributed by atoms with Crippen molar-refractivity contribution in [2.75, 3.05) is 23.3 Å². The smallest absolute Gasteiger partial charge is 0.0314 e. The van der Waals surface area contributed by atoms with Crippen LogP contribution in [0.2, 0.25) is 0 Å². The van der Waals surface area contributed by atoms with Crippen molar-refractivity contribution < 1.29 is 0 Å². The minimum atomic E-state index is 0.738. The highest BCUT2D eigenvalue weighted by Gasteiger charge is 1.82. The Bertz CT molecular complexity index is 28.9. The van der Waals surface area contributed by atoms with Gasteiger partial charge in [0.2, 0.25) is 0 Å². The lowest BCUT2D eigenvalue weighted by atomic mass is 10.9. The summed E-state index contributed by atoms with van der Waals surface area (Å²) >= 11 is 12.5. The van der Waals surface area contributed by atoms with Crippen molar-refractivity contribution in [3.05, 3.63) is 0 Å². The standard InChI is InChI=1S/C4H8Cl2S/c5-1-3-7-4-2-6/h1-4H2/i7+3. The van der Waals surface area contributed by atoms with E-state index in [0.717, 1.165) is 23.3 Å². The number of halogens is 2. The van der Waals surface area contributed by atoms with E-state index >= 15 is 0 Å². The van der Waals surface area contributed by atoms with E-state index < -0.39 is 0 Å². The summed E-state index contributed by atoms with van der Waals surface area (Å²) in [6, 6.07) is 0. The average molecular weight is 162 g/mol. The lowest BCUT2D eigenvalue weighted by Crippen LogP contribution is -1.83. The maximum atomic E-state index is 5.37. The quantitative estimate of drug-likeness (QED) is 0.451. The van der Waals surface area contributed by atoms with Crippen molar-refractivity contribution in [1.29, 1.82) is 0 Å². The third kappa shape index (κ3) is 6.93. The topological polar surface area (TPSA) is 0 Å². The third-order valence-corrected chi connectivity index (χ3v) is 2.25. The van der Waals surface area contributed by atoms with E-state index in [1.165, 1.54) is 0 Å². The van der Waals surface area contributed by atoms with Crippen LogP contribution in [-0.4, -0.2) is 23.3 Å². The Morgan fingerprint density at radius 1 is 1.00 bits per heavy atom. The van der Waals surface area contributed by atoms with Gasteiger partial charge in [-0.2, -0.15) is 11.8 Å². The van der Waals surface area contributed by atoms with Crippen molar-refractivity contribution in [2.24, 2.45) is 0 Å². The highest BCUT2D eigenvalue weighted by atomic mass is 35.5. The van der Waals surface area contributed by atoms with E-state index in [0.29, 0.717) is 0 Å². The van der Waals surface area contributed by atoms with Crippen molar-refractivity contribution in [1.82, 2.24) is 0 Å². The van der Waals surface area contributed by atoms with Gasteiger partial charge in [0.05, 0.1) is 0 Å². The first kappa shape index (κ1) is 7.93. The molecule has 7 heavy (non-hydrogen) atoms. The molecule has 0 aliphatic rings. The molecule has 0 radical (unpaired) electrons. The second-order valence-corrected chi connectivity index (χ2v) is 2.97. The van der Waals surface area contributed by atoms with Crippen LogP contribution in [0.1, 0.15) is 0 Å². The Labute approximate surface area is 58.6 Å². The molecule has 0 N–H and O–H groups in total. The average Bonchev–Trinajstić information content (AvgIpc) is 1.69. The van der Waals surface area contributed by atoms with Gasteiger partial charge < -0.3 is 0 Å². The fraction of sp³-hybridized carbons (Fsp3) is 1.00. The zero-order valence-corrected chi connectivity index (χ0v) is 6.32. The van der Waals surface area contributed by atoms with Gasteiger partial charge in [0.15, 0.2) is 0 Å². The maximum Gasteiger partial charge on any atom is 0.0314 e. The fourth-order valence-electron chi connectivity index (χ4n) is 0.211. The molecule has 0 bridgehead atoms. The van der Waals surface area contributed by atoms with Crippen LogP contribution in [-0.2, 0) is 0 Å². The predicted molar refractivity (Wildman–Crippen MR) is 38.8 cm³/mol. The largest absolute Gasteiger partial charge is 0.160 e. The summed E-state index contributed by atoms with van der Waals surface area (Å²) < 4.78 is 0. The molecule has 0 amide bonds. The number of hydrogen-bond acceptors (Lipinski definition) is 1. The first-order chi connectivity index (χ1) is 3.41. The van der Waals surface area contributed by atoms with Crippen LogP contribution < -0.4 is 0 Å². The van der Waals surface area contributed by atoms with E-state index in [2.05, 4.69) is 0 Å². The molecule has 0 aliphatic carbocycles. The van der Waals surface area contributed by atoms with Crippen molar-refractivity contribution >= 4 is 35.0 Å². The summed E-state index contributed by atoms with van der Waals surface area (Å²) in [7, 11) is 0. The maximum absolute atomic E-state index is 5.37. The molecule has 3 heteroatoms. The van der Waals surface area contributed by atoms with Crippen LogP contribution >= 0.6 is 35.0 Å². The second-order valence-electron chi connectivity index (χ2n) is 0.990. The van der Waals surface area contributed by atoms with Gasteiger partial charge in [-0.15, -0.1) is 23.2 Å². The van der Waals surface area contributed by atoms with Gasteiger partial charge in [0, 0.05) is 23.3 Å². The van der Waals surface area contributed by atoms with Gasteiger partial charge in [0.1, 0.15) is 0 Å². The van der Waals surface area contributed by atoms with Crippen LogP contribution in [0.15, 0.2) is 0 Å². The monoisotopic (exact) mass is 161 g/mol. The molecule has 0 saturated heterocycles. The van der Waals surface area contributed by atoms with Crippen LogP contribution in [0.25, 0.3) is 0 Å². The lowest BCUT2D eigenvalue weighted by Gasteiger charge is -1.89. The van der Waals surface area contributed by atoms with E-state index in [1.54, 1.807) is 11.8 Å². The van der Waals surface area contributed by atoms with E-state index in [4.69, 9.17) is 23.2 Å². The molecule has 0 aliphatic heterocycles. The van der Waals surface area contributed by atoms with Gasteiger partial charge in [0.25, 0.3) is 0 Å². The van der Waals surface area contributed by atoms with Crippen molar-refractivity contribution in [2.45, 2.75) is 0 Å². The molecule has 0 aromatic carbocycles. The number of hydrogen-bond donors (Lipinski definition) is 0. The Hall–Kier alpha value is 0.930. The Kier molecular flexibility index (Phi) is 7.85. The van der Waals surface area contributed by atoms with E-state index in [1.807, 2.05) is 0 Å². The molecule has 0 rings (SSSR count). The normalized spacial score (nSPS) is 9.43. The summed E-state index contributed by atoms with van der Waals surface area (Å²) in [5.74, 6) is 3.52. The minimum absolute atomic E-state index is 0.738. The lowest BCUT2D eigenvalue weighted by molar-refractivity contribution is 1.47. The number of alkyl halides is 2. The molecule has 0 saturated carbocycles. The summed E-state index contributed by atoms with van der Waals surface area (Å²) in [5.41, 5.74) is 0. The van der Waals surface area contributed by atoms with Gasteiger partial charge in [-0.1, -0.05) is 0 Å². The van der Waals surface area contributed by atoms with Crippen LogP contribution in [0.4, 0.5) is 0 Å². The van der Waals surface area contributed by atoms with E-state index in [9.17, 15) is 0 Å². The molecule has 0 atom stereocenters. The summed E-state index contributed by atoms with van der Waals surface area (Å²) in [6.07, 6.45) is 0. The SMILES string of the molecule is ClCC[35S]CCCl. The molecule has 0 aromatic heterocycles. The number of rotatable bonds is 4. The molecule has 0 aromatic rings. The zero-order valence-electron chi connectivity index (χ0n) is 3.99. The Morgan fingerprint density at radius 3 is 1.71 bits per heavy atom. The van der Waals surface area contributed by atoms with Gasteiger partial charge in [-0.3, -0.25) is 0 Å². The fourth-order valence-corrected chi connectivity index (χ4v) is 1.29. The molecular weight excluding hydrogens is 154 g/mol. The highest BCUT2D eigenvalue weighted by Crippen LogP contribution is 1.99. The number of thioether (sulfide) groups is 1. The molecule has 0 fully saturated rings. The van der Waals surface area contributed by atoms with E-state index in [-0.39, 0.29) is 0 Å².